The van der Waals surface area contributed by atoms with Gasteiger partial charge in [0.2, 0.25) is 0 Å². The zero-order valence-electron chi connectivity index (χ0n) is 11.3. The van der Waals surface area contributed by atoms with Gasteiger partial charge in [0.25, 0.3) is 0 Å². The Morgan fingerprint density at radius 1 is 0.857 bits per heavy atom. The van der Waals surface area contributed by atoms with Crippen molar-refractivity contribution in [3.8, 4) is 11.5 Å². The third-order valence-electron chi connectivity index (χ3n) is 2.68. The number of hydrogen-bond acceptors (Lipinski definition) is 4. The highest BCUT2D eigenvalue weighted by Gasteiger charge is 2.13. The van der Waals surface area contributed by atoms with Gasteiger partial charge >= 0.3 is 11.8 Å². The van der Waals surface area contributed by atoms with Crippen molar-refractivity contribution in [1.82, 2.24) is 0 Å². The molecule has 0 saturated carbocycles. The summed E-state index contributed by atoms with van der Waals surface area (Å²) < 4.78 is 5.00. The largest absolute Gasteiger partial charge is 0.508 e. The second kappa shape index (κ2) is 6.42. The van der Waals surface area contributed by atoms with Crippen molar-refractivity contribution in [3.05, 3.63) is 48.5 Å². The lowest BCUT2D eigenvalue weighted by Crippen LogP contribution is -2.28. The molecule has 6 heteroatoms. The Labute approximate surface area is 121 Å². The zero-order valence-corrected chi connectivity index (χ0v) is 11.3. The number of hydrogen-bond donors (Lipinski definition) is 3. The molecule has 0 fully saturated rings. The van der Waals surface area contributed by atoms with Crippen molar-refractivity contribution in [2.75, 3.05) is 17.7 Å². The molecule has 108 valence electrons. The highest BCUT2D eigenvalue weighted by molar-refractivity contribution is 6.43. The van der Waals surface area contributed by atoms with Crippen LogP contribution in [-0.2, 0) is 9.59 Å². The fourth-order valence-electron chi connectivity index (χ4n) is 1.59. The number of carbonyl (C=O) groups excluding carboxylic acids is 2. The molecule has 2 rings (SSSR count). The van der Waals surface area contributed by atoms with Crippen LogP contribution >= 0.6 is 0 Å². The maximum atomic E-state index is 11.7. The lowest BCUT2D eigenvalue weighted by Gasteiger charge is -2.07. The molecular formula is C15H14N2O4. The predicted octanol–water partition coefficient (Wildman–Crippen LogP) is 1.98. The molecule has 0 aromatic heterocycles. The van der Waals surface area contributed by atoms with Crippen molar-refractivity contribution in [1.29, 1.82) is 0 Å². The molecule has 2 aromatic carbocycles. The monoisotopic (exact) mass is 286 g/mol. The first-order valence-corrected chi connectivity index (χ1v) is 6.14. The van der Waals surface area contributed by atoms with Gasteiger partial charge in [0.05, 0.1) is 7.11 Å². The molecule has 6 nitrogen and oxygen atoms in total. The summed E-state index contributed by atoms with van der Waals surface area (Å²) in [5, 5.41) is 14.0. The predicted molar refractivity (Wildman–Crippen MR) is 78.4 cm³/mol. The van der Waals surface area contributed by atoms with Gasteiger partial charge in [0.15, 0.2) is 0 Å². The molecule has 0 heterocycles. The van der Waals surface area contributed by atoms with Crippen LogP contribution in [0.1, 0.15) is 0 Å². The molecule has 0 spiro atoms. The third-order valence-corrected chi connectivity index (χ3v) is 2.68. The van der Waals surface area contributed by atoms with E-state index in [9.17, 15) is 9.59 Å². The zero-order chi connectivity index (χ0) is 15.2. The third kappa shape index (κ3) is 3.97. The average Bonchev–Trinajstić information content (AvgIpc) is 2.50. The molecule has 0 atom stereocenters. The first-order chi connectivity index (χ1) is 10.1. The van der Waals surface area contributed by atoms with Gasteiger partial charge in [-0.25, -0.2) is 0 Å². The smallest absolute Gasteiger partial charge is 0.314 e. The van der Waals surface area contributed by atoms with Crippen LogP contribution < -0.4 is 15.4 Å². The number of ether oxygens (including phenoxy) is 1. The minimum atomic E-state index is -0.795. The molecule has 0 aliphatic carbocycles. The van der Waals surface area contributed by atoms with Gasteiger partial charge in [-0.05, 0) is 48.5 Å². The molecular weight excluding hydrogens is 272 g/mol. The Kier molecular flexibility index (Phi) is 4.40. The van der Waals surface area contributed by atoms with Crippen LogP contribution in [0.25, 0.3) is 0 Å². The first kappa shape index (κ1) is 14.4. The number of benzene rings is 2. The second-order valence-corrected chi connectivity index (χ2v) is 4.18. The van der Waals surface area contributed by atoms with Crippen LogP contribution in [0.15, 0.2) is 48.5 Å². The van der Waals surface area contributed by atoms with E-state index >= 15 is 0 Å². The molecule has 0 aliphatic rings. The maximum Gasteiger partial charge on any atom is 0.314 e. The standard InChI is InChI=1S/C15H14N2O4/c1-21-13-8-4-11(5-9-13)17-15(20)14(19)16-10-2-6-12(18)7-3-10/h2-9,18H,1H3,(H,16,19)(H,17,20). The summed E-state index contributed by atoms with van der Waals surface area (Å²) in [5.74, 6) is -0.845. The van der Waals surface area contributed by atoms with Crippen LogP contribution in [0.4, 0.5) is 11.4 Å². The molecule has 0 radical (unpaired) electrons. The number of aromatic hydroxyl groups is 1. The van der Waals surface area contributed by atoms with Crippen LogP contribution in [0.5, 0.6) is 11.5 Å². The summed E-state index contributed by atoms with van der Waals surface area (Å²) in [6.07, 6.45) is 0. The summed E-state index contributed by atoms with van der Waals surface area (Å²) in [6, 6.07) is 12.4. The van der Waals surface area contributed by atoms with E-state index in [0.29, 0.717) is 17.1 Å². The number of phenols is 1. The van der Waals surface area contributed by atoms with Crippen LogP contribution in [0.3, 0.4) is 0 Å². The van der Waals surface area contributed by atoms with Crippen LogP contribution in [0.2, 0.25) is 0 Å². The van der Waals surface area contributed by atoms with Gasteiger partial charge in [-0.2, -0.15) is 0 Å². The summed E-state index contributed by atoms with van der Waals surface area (Å²) in [5.41, 5.74) is 0.907. The molecule has 3 N–H and O–H groups in total. The van der Waals surface area contributed by atoms with Crippen molar-refractivity contribution in [3.63, 3.8) is 0 Å². The van der Waals surface area contributed by atoms with E-state index in [4.69, 9.17) is 9.84 Å². The van der Waals surface area contributed by atoms with E-state index in [1.54, 1.807) is 31.4 Å². The number of phenolic OH excluding ortho intramolecular Hbond substituents is 1. The topological polar surface area (TPSA) is 87.7 Å². The minimum absolute atomic E-state index is 0.0793. The van der Waals surface area contributed by atoms with Gasteiger partial charge in [-0.15, -0.1) is 0 Å². The summed E-state index contributed by atoms with van der Waals surface area (Å²) in [6.45, 7) is 0. The maximum absolute atomic E-state index is 11.7. The van der Waals surface area contributed by atoms with Gasteiger partial charge < -0.3 is 20.5 Å². The van der Waals surface area contributed by atoms with E-state index < -0.39 is 11.8 Å². The second-order valence-electron chi connectivity index (χ2n) is 4.18. The number of nitrogens with one attached hydrogen (secondary N) is 2. The molecule has 2 amide bonds. The molecule has 0 saturated heterocycles. The van der Waals surface area contributed by atoms with Gasteiger partial charge in [0.1, 0.15) is 11.5 Å². The average molecular weight is 286 g/mol. The SMILES string of the molecule is COc1ccc(NC(=O)C(=O)Nc2ccc(O)cc2)cc1. The fourth-order valence-corrected chi connectivity index (χ4v) is 1.59. The lowest BCUT2D eigenvalue weighted by molar-refractivity contribution is -0.132. The minimum Gasteiger partial charge on any atom is -0.508 e. The molecule has 2 aromatic rings. The number of amides is 2. The van der Waals surface area contributed by atoms with E-state index in [-0.39, 0.29) is 5.75 Å². The first-order valence-electron chi connectivity index (χ1n) is 6.14. The fraction of sp³-hybridized carbons (Fsp3) is 0.0667. The molecule has 0 bridgehead atoms. The van der Waals surface area contributed by atoms with Crippen molar-refractivity contribution in [2.24, 2.45) is 0 Å². The Balaban J connectivity index is 1.95. The number of methoxy groups -OCH3 is 1. The number of rotatable bonds is 3. The number of anilines is 2. The Hall–Kier alpha value is -3.02. The molecule has 0 unspecified atom stereocenters. The Bertz CT molecular complexity index is 636. The summed E-state index contributed by atoms with van der Waals surface area (Å²) in [7, 11) is 1.54. The van der Waals surface area contributed by atoms with E-state index in [1.165, 1.54) is 24.3 Å². The van der Waals surface area contributed by atoms with Crippen molar-refractivity contribution in [2.45, 2.75) is 0 Å². The van der Waals surface area contributed by atoms with Crippen LogP contribution in [-0.4, -0.2) is 24.0 Å². The van der Waals surface area contributed by atoms with Crippen molar-refractivity contribution < 1.29 is 19.4 Å². The normalized spacial score (nSPS) is 9.76. The molecule has 0 aliphatic heterocycles. The van der Waals surface area contributed by atoms with E-state index in [2.05, 4.69) is 10.6 Å². The number of carbonyl (C=O) groups is 2. The highest BCUT2D eigenvalue weighted by Crippen LogP contribution is 2.16. The summed E-state index contributed by atoms with van der Waals surface area (Å²) in [4.78, 5) is 23.4. The molecule has 21 heavy (non-hydrogen) atoms. The van der Waals surface area contributed by atoms with E-state index in [0.717, 1.165) is 0 Å². The lowest BCUT2D eigenvalue weighted by atomic mass is 10.3. The quantitative estimate of drug-likeness (QED) is 0.594. The van der Waals surface area contributed by atoms with E-state index in [1.807, 2.05) is 0 Å². The van der Waals surface area contributed by atoms with Gasteiger partial charge in [-0.3, -0.25) is 9.59 Å². The van der Waals surface area contributed by atoms with Crippen LogP contribution in [0, 0.1) is 0 Å². The summed E-state index contributed by atoms with van der Waals surface area (Å²) >= 11 is 0. The van der Waals surface area contributed by atoms with Crippen molar-refractivity contribution >= 4 is 23.2 Å². The van der Waals surface area contributed by atoms with Gasteiger partial charge in [0, 0.05) is 11.4 Å². The highest BCUT2D eigenvalue weighted by atomic mass is 16.5. The Morgan fingerprint density at radius 3 is 1.71 bits per heavy atom. The Morgan fingerprint density at radius 2 is 1.29 bits per heavy atom. The van der Waals surface area contributed by atoms with Gasteiger partial charge in [-0.1, -0.05) is 0 Å².